The summed E-state index contributed by atoms with van der Waals surface area (Å²) in [6, 6.07) is 2.69. The Bertz CT molecular complexity index is 449. The molecule has 2 amide bonds. The molecule has 0 bridgehead atoms. The molecule has 0 heterocycles. The first-order valence-electron chi connectivity index (χ1n) is 5.76. The van der Waals surface area contributed by atoms with Gasteiger partial charge in [-0.15, -0.1) is 0 Å². The van der Waals surface area contributed by atoms with E-state index in [2.05, 4.69) is 10.6 Å². The lowest BCUT2D eigenvalue weighted by atomic mass is 10.2. The third-order valence-electron chi connectivity index (χ3n) is 2.35. The number of hydrogen-bond acceptors (Lipinski definition) is 1. The van der Waals surface area contributed by atoms with Crippen molar-refractivity contribution in [1.82, 2.24) is 5.32 Å². The second-order valence-electron chi connectivity index (χ2n) is 3.93. The third-order valence-corrected chi connectivity index (χ3v) is 2.68. The highest BCUT2D eigenvalue weighted by molar-refractivity contribution is 6.31. The van der Waals surface area contributed by atoms with Crippen LogP contribution in [0, 0.1) is 0 Å². The van der Waals surface area contributed by atoms with Gasteiger partial charge in [0.2, 0.25) is 0 Å². The molecule has 1 aromatic rings. The number of amides is 2. The van der Waals surface area contributed by atoms with Crippen molar-refractivity contribution in [2.75, 3.05) is 11.9 Å². The maximum atomic E-state index is 12.6. The van der Waals surface area contributed by atoms with Gasteiger partial charge in [0.15, 0.2) is 0 Å². The molecule has 0 spiro atoms. The fraction of sp³-hybridized carbons (Fsp3) is 0.417. The highest BCUT2D eigenvalue weighted by Crippen LogP contribution is 2.36. The van der Waals surface area contributed by atoms with Gasteiger partial charge in [-0.25, -0.2) is 4.79 Å². The second kappa shape index (κ2) is 6.65. The normalized spacial score (nSPS) is 11.2. The molecule has 0 saturated carbocycles. The maximum Gasteiger partial charge on any atom is 0.417 e. The number of anilines is 1. The molecule has 19 heavy (non-hydrogen) atoms. The third kappa shape index (κ3) is 4.98. The van der Waals surface area contributed by atoms with Crippen LogP contribution in [0.4, 0.5) is 23.7 Å². The van der Waals surface area contributed by atoms with E-state index in [1.807, 2.05) is 6.92 Å². The summed E-state index contributed by atoms with van der Waals surface area (Å²) in [6.07, 6.45) is -2.82. The van der Waals surface area contributed by atoms with E-state index in [4.69, 9.17) is 11.6 Å². The van der Waals surface area contributed by atoms with Crippen LogP contribution in [0.25, 0.3) is 0 Å². The van der Waals surface area contributed by atoms with E-state index in [-0.39, 0.29) is 5.69 Å². The topological polar surface area (TPSA) is 41.1 Å². The summed E-state index contributed by atoms with van der Waals surface area (Å²) in [5.74, 6) is 0. The Morgan fingerprint density at radius 1 is 1.37 bits per heavy atom. The van der Waals surface area contributed by atoms with Crippen molar-refractivity contribution in [2.24, 2.45) is 0 Å². The fourth-order valence-corrected chi connectivity index (χ4v) is 1.60. The van der Waals surface area contributed by atoms with E-state index in [0.29, 0.717) is 6.54 Å². The van der Waals surface area contributed by atoms with Crippen LogP contribution in [0.5, 0.6) is 0 Å². The Hall–Kier alpha value is -1.43. The van der Waals surface area contributed by atoms with E-state index in [1.165, 1.54) is 6.07 Å². The van der Waals surface area contributed by atoms with Gasteiger partial charge in [0.05, 0.1) is 10.6 Å². The van der Waals surface area contributed by atoms with Gasteiger partial charge >= 0.3 is 12.2 Å². The highest BCUT2D eigenvalue weighted by Gasteiger charge is 2.33. The molecule has 0 aromatic heterocycles. The number of carbonyl (C=O) groups excluding carboxylic acids is 1. The Morgan fingerprint density at radius 2 is 2.05 bits per heavy atom. The molecule has 0 fully saturated rings. The largest absolute Gasteiger partial charge is 0.417 e. The number of benzene rings is 1. The molecule has 0 aliphatic heterocycles. The molecule has 0 aliphatic carbocycles. The second-order valence-corrected chi connectivity index (χ2v) is 4.33. The minimum Gasteiger partial charge on any atom is -0.338 e. The Balaban J connectivity index is 2.72. The average Bonchev–Trinajstić information content (AvgIpc) is 2.30. The van der Waals surface area contributed by atoms with Gasteiger partial charge in [-0.3, -0.25) is 0 Å². The molecule has 0 unspecified atom stereocenters. The smallest absolute Gasteiger partial charge is 0.338 e. The first-order valence-corrected chi connectivity index (χ1v) is 6.14. The molecule has 1 rings (SSSR count). The van der Waals surface area contributed by atoms with Crippen molar-refractivity contribution in [3.8, 4) is 0 Å². The first kappa shape index (κ1) is 15.6. The molecule has 1 aromatic carbocycles. The lowest BCUT2D eigenvalue weighted by molar-refractivity contribution is -0.137. The molecule has 2 N–H and O–H groups in total. The summed E-state index contributed by atoms with van der Waals surface area (Å²) in [7, 11) is 0. The summed E-state index contributed by atoms with van der Waals surface area (Å²) in [5, 5.41) is 4.47. The number of nitrogens with one attached hydrogen (secondary N) is 2. The van der Waals surface area contributed by atoms with Gasteiger partial charge in [-0.1, -0.05) is 24.9 Å². The van der Waals surface area contributed by atoms with Crippen LogP contribution in [-0.2, 0) is 6.18 Å². The number of rotatable bonds is 4. The highest BCUT2D eigenvalue weighted by atomic mass is 35.5. The predicted octanol–water partition coefficient (Wildman–Crippen LogP) is 4.28. The number of halogens is 4. The zero-order valence-corrected chi connectivity index (χ0v) is 11.0. The number of hydrogen-bond donors (Lipinski definition) is 2. The summed E-state index contributed by atoms with van der Waals surface area (Å²) < 4.78 is 37.8. The van der Waals surface area contributed by atoms with Crippen LogP contribution in [0.3, 0.4) is 0 Å². The van der Waals surface area contributed by atoms with E-state index in [1.54, 1.807) is 0 Å². The SMILES string of the molecule is CCCCNC(=O)Nc1ccc(Cl)c(C(F)(F)F)c1. The predicted molar refractivity (Wildman–Crippen MR) is 68.4 cm³/mol. The Labute approximate surface area is 114 Å². The molecule has 106 valence electrons. The molecular weight excluding hydrogens is 281 g/mol. The van der Waals surface area contributed by atoms with Crippen molar-refractivity contribution < 1.29 is 18.0 Å². The van der Waals surface area contributed by atoms with Gasteiger partial charge in [0, 0.05) is 12.2 Å². The van der Waals surface area contributed by atoms with Crippen LogP contribution >= 0.6 is 11.6 Å². The lowest BCUT2D eigenvalue weighted by Crippen LogP contribution is -2.29. The zero-order valence-electron chi connectivity index (χ0n) is 10.3. The van der Waals surface area contributed by atoms with Crippen molar-refractivity contribution in [3.63, 3.8) is 0 Å². The van der Waals surface area contributed by atoms with Gasteiger partial charge in [-0.2, -0.15) is 13.2 Å². The number of urea groups is 1. The van der Waals surface area contributed by atoms with E-state index < -0.39 is 22.8 Å². The molecule has 0 radical (unpaired) electrons. The monoisotopic (exact) mass is 294 g/mol. The minimum atomic E-state index is -4.55. The van der Waals surface area contributed by atoms with Crippen molar-refractivity contribution in [2.45, 2.75) is 25.9 Å². The van der Waals surface area contributed by atoms with Crippen LogP contribution in [0.2, 0.25) is 5.02 Å². The van der Waals surface area contributed by atoms with E-state index in [9.17, 15) is 18.0 Å². The lowest BCUT2D eigenvalue weighted by Gasteiger charge is -2.12. The number of unbranched alkanes of at least 4 members (excludes halogenated alkanes) is 1. The van der Waals surface area contributed by atoms with E-state index >= 15 is 0 Å². The molecule has 3 nitrogen and oxygen atoms in total. The molecule has 0 saturated heterocycles. The van der Waals surface area contributed by atoms with Gasteiger partial charge in [0.1, 0.15) is 0 Å². The fourth-order valence-electron chi connectivity index (χ4n) is 1.37. The van der Waals surface area contributed by atoms with Crippen molar-refractivity contribution in [1.29, 1.82) is 0 Å². The average molecular weight is 295 g/mol. The van der Waals surface area contributed by atoms with Crippen molar-refractivity contribution >= 4 is 23.3 Å². The van der Waals surface area contributed by atoms with Crippen LogP contribution in [0.1, 0.15) is 25.3 Å². The molecule has 0 atom stereocenters. The van der Waals surface area contributed by atoms with Crippen LogP contribution in [0.15, 0.2) is 18.2 Å². The van der Waals surface area contributed by atoms with Crippen LogP contribution in [-0.4, -0.2) is 12.6 Å². The standard InChI is InChI=1S/C12H14ClF3N2O/c1-2-3-6-17-11(19)18-8-4-5-10(13)9(7-8)12(14,15)16/h4-5,7H,2-3,6H2,1H3,(H2,17,18,19). The zero-order chi connectivity index (χ0) is 14.5. The first-order chi connectivity index (χ1) is 8.84. The van der Waals surface area contributed by atoms with Gasteiger partial charge < -0.3 is 10.6 Å². The van der Waals surface area contributed by atoms with Crippen molar-refractivity contribution in [3.05, 3.63) is 28.8 Å². The summed E-state index contributed by atoms with van der Waals surface area (Å²) in [5.41, 5.74) is -0.925. The van der Waals surface area contributed by atoms with Gasteiger partial charge in [-0.05, 0) is 24.6 Å². The molecular formula is C12H14ClF3N2O. The maximum absolute atomic E-state index is 12.6. The van der Waals surface area contributed by atoms with Crippen LogP contribution < -0.4 is 10.6 Å². The van der Waals surface area contributed by atoms with E-state index in [0.717, 1.165) is 25.0 Å². The molecule has 0 aliphatic rings. The summed E-state index contributed by atoms with van der Waals surface area (Å²) >= 11 is 5.47. The summed E-state index contributed by atoms with van der Waals surface area (Å²) in [6.45, 7) is 2.44. The minimum absolute atomic E-state index is 0.0470. The Kier molecular flexibility index (Phi) is 5.47. The quantitative estimate of drug-likeness (QED) is 0.800. The molecule has 7 heteroatoms. The summed E-state index contributed by atoms with van der Waals surface area (Å²) in [4.78, 5) is 11.4. The Morgan fingerprint density at radius 3 is 2.63 bits per heavy atom. The number of alkyl halides is 3. The number of carbonyl (C=O) groups is 1. The van der Waals surface area contributed by atoms with Gasteiger partial charge in [0.25, 0.3) is 0 Å².